The van der Waals surface area contributed by atoms with Crippen molar-refractivity contribution < 1.29 is 0 Å². The summed E-state index contributed by atoms with van der Waals surface area (Å²) in [6.07, 6.45) is 0. The summed E-state index contributed by atoms with van der Waals surface area (Å²) in [7, 11) is 0. The maximum absolute atomic E-state index is 2.42. The van der Waals surface area contributed by atoms with Gasteiger partial charge in [0.15, 0.2) is 0 Å². The normalized spacial score (nSPS) is 12.2. The van der Waals surface area contributed by atoms with Crippen LogP contribution in [0.4, 0.5) is 0 Å². The Labute approximate surface area is 219 Å². The Kier molecular flexibility index (Phi) is 3.88. The van der Waals surface area contributed by atoms with Crippen LogP contribution in [-0.4, -0.2) is 0 Å². The fraction of sp³-hybridized carbons (Fsp3) is 0. The third kappa shape index (κ3) is 2.54. The standard InChI is InChI=1S/C38H22/c1-2-13-27-23(8-1)9-3-14-28(27)34-22-26-12-6-17-30-29-15-4-10-24-20-21-25-11-5-16-31(36(25)35(24)29)32-18-7-19-33(34)38(32)37(26)30/h1-22H. The molecule has 0 fully saturated rings. The molecule has 0 unspecified atom stereocenters. The zero-order valence-electron chi connectivity index (χ0n) is 20.7. The van der Waals surface area contributed by atoms with E-state index in [0.717, 1.165) is 0 Å². The summed E-state index contributed by atoms with van der Waals surface area (Å²) in [5.41, 5.74) is 2.58. The van der Waals surface area contributed by atoms with Gasteiger partial charge in [-0.1, -0.05) is 127 Å². The van der Waals surface area contributed by atoms with Crippen molar-refractivity contribution in [2.75, 3.05) is 0 Å². The molecule has 0 spiro atoms. The summed E-state index contributed by atoms with van der Waals surface area (Å²) in [5, 5.41) is 18.4. The van der Waals surface area contributed by atoms with Crippen molar-refractivity contribution in [2.24, 2.45) is 0 Å². The molecule has 0 saturated heterocycles. The second-order valence-electron chi connectivity index (χ2n) is 10.5. The number of rotatable bonds is 1. The molecule has 9 rings (SSSR count). The Morgan fingerprint density at radius 1 is 0.237 bits per heavy atom. The summed E-state index contributed by atoms with van der Waals surface area (Å²) in [5.74, 6) is 0. The van der Waals surface area contributed by atoms with Gasteiger partial charge in [-0.05, 0) is 92.6 Å². The van der Waals surface area contributed by atoms with Crippen molar-refractivity contribution in [3.05, 3.63) is 133 Å². The first-order chi connectivity index (χ1) is 18.9. The van der Waals surface area contributed by atoms with Gasteiger partial charge in [-0.25, -0.2) is 0 Å². The van der Waals surface area contributed by atoms with E-state index in [2.05, 4.69) is 133 Å². The molecular weight excluding hydrogens is 456 g/mol. The maximum Gasteiger partial charge on any atom is -0.00141 e. The quantitative estimate of drug-likeness (QED) is 0.206. The van der Waals surface area contributed by atoms with Crippen molar-refractivity contribution in [1.29, 1.82) is 0 Å². The molecule has 0 aliphatic rings. The molecule has 9 aromatic carbocycles. The highest BCUT2D eigenvalue weighted by Gasteiger charge is 2.17. The van der Waals surface area contributed by atoms with Gasteiger partial charge < -0.3 is 0 Å². The van der Waals surface area contributed by atoms with Crippen molar-refractivity contribution in [3.63, 3.8) is 0 Å². The molecule has 38 heavy (non-hydrogen) atoms. The van der Waals surface area contributed by atoms with Gasteiger partial charge in [0.2, 0.25) is 0 Å². The minimum absolute atomic E-state index is 1.27. The van der Waals surface area contributed by atoms with Gasteiger partial charge in [0.05, 0.1) is 0 Å². The van der Waals surface area contributed by atoms with Gasteiger partial charge in [0, 0.05) is 0 Å². The highest BCUT2D eigenvalue weighted by atomic mass is 14.2. The van der Waals surface area contributed by atoms with Crippen LogP contribution in [0.1, 0.15) is 0 Å². The highest BCUT2D eigenvalue weighted by Crippen LogP contribution is 2.46. The van der Waals surface area contributed by atoms with Crippen LogP contribution < -0.4 is 0 Å². The molecule has 0 saturated carbocycles. The van der Waals surface area contributed by atoms with Crippen molar-refractivity contribution >= 4 is 75.4 Å². The number of hydrogen-bond donors (Lipinski definition) is 0. The predicted octanol–water partition coefficient (Wildman–Crippen LogP) is 10.9. The third-order valence-electron chi connectivity index (χ3n) is 8.55. The van der Waals surface area contributed by atoms with Gasteiger partial charge in [-0.15, -0.1) is 0 Å². The molecular formula is C38H22. The van der Waals surface area contributed by atoms with Crippen LogP contribution in [0.3, 0.4) is 0 Å². The van der Waals surface area contributed by atoms with Crippen LogP contribution in [0.5, 0.6) is 0 Å². The van der Waals surface area contributed by atoms with Crippen LogP contribution in [0.15, 0.2) is 133 Å². The first kappa shape index (κ1) is 20.2. The Balaban J connectivity index is 1.64. The lowest BCUT2D eigenvalue weighted by molar-refractivity contribution is 1.71. The van der Waals surface area contributed by atoms with E-state index in [4.69, 9.17) is 0 Å². The average Bonchev–Trinajstić information content (AvgIpc) is 2.98. The van der Waals surface area contributed by atoms with E-state index >= 15 is 0 Å². The third-order valence-corrected chi connectivity index (χ3v) is 8.55. The molecule has 0 atom stereocenters. The summed E-state index contributed by atoms with van der Waals surface area (Å²) < 4.78 is 0. The van der Waals surface area contributed by atoms with Crippen molar-refractivity contribution in [3.8, 4) is 11.1 Å². The summed E-state index contributed by atoms with van der Waals surface area (Å²) in [6, 6.07) is 49.7. The number of hydrogen-bond acceptors (Lipinski definition) is 0. The number of benzene rings is 8. The fourth-order valence-electron chi connectivity index (χ4n) is 6.99. The molecule has 0 aliphatic carbocycles. The first-order valence-corrected chi connectivity index (χ1v) is 13.3. The largest absolute Gasteiger partial charge is 0.0616 e. The molecule has 174 valence electrons. The van der Waals surface area contributed by atoms with Gasteiger partial charge in [0.25, 0.3) is 0 Å². The lowest BCUT2D eigenvalue weighted by Crippen LogP contribution is -1.90. The summed E-state index contributed by atoms with van der Waals surface area (Å²) in [4.78, 5) is 0. The van der Waals surface area contributed by atoms with Crippen molar-refractivity contribution in [1.82, 2.24) is 0 Å². The van der Waals surface area contributed by atoms with E-state index in [1.54, 1.807) is 0 Å². The summed E-state index contributed by atoms with van der Waals surface area (Å²) >= 11 is 0. The predicted molar refractivity (Wildman–Crippen MR) is 166 cm³/mol. The van der Waals surface area contributed by atoms with E-state index < -0.39 is 0 Å². The molecule has 0 aromatic heterocycles. The Morgan fingerprint density at radius 2 is 0.684 bits per heavy atom. The van der Waals surface area contributed by atoms with E-state index in [1.807, 2.05) is 0 Å². The molecule has 9 aromatic rings. The van der Waals surface area contributed by atoms with E-state index in [1.165, 1.54) is 86.5 Å². The van der Waals surface area contributed by atoms with E-state index in [-0.39, 0.29) is 0 Å². The van der Waals surface area contributed by atoms with Crippen LogP contribution in [0.25, 0.3) is 86.5 Å². The minimum Gasteiger partial charge on any atom is -0.0616 e. The van der Waals surface area contributed by atoms with E-state index in [0.29, 0.717) is 0 Å². The second-order valence-corrected chi connectivity index (χ2v) is 10.5. The second kappa shape index (κ2) is 7.31. The molecule has 0 amide bonds. The van der Waals surface area contributed by atoms with Crippen LogP contribution >= 0.6 is 0 Å². The van der Waals surface area contributed by atoms with Crippen molar-refractivity contribution in [2.45, 2.75) is 0 Å². The first-order valence-electron chi connectivity index (χ1n) is 13.3. The van der Waals surface area contributed by atoms with Gasteiger partial charge in [-0.3, -0.25) is 0 Å². The molecule has 0 radical (unpaired) electrons. The minimum atomic E-state index is 1.27. The smallest absolute Gasteiger partial charge is 0.00141 e. The highest BCUT2D eigenvalue weighted by molar-refractivity contribution is 6.38. The van der Waals surface area contributed by atoms with Gasteiger partial charge in [0.1, 0.15) is 0 Å². The van der Waals surface area contributed by atoms with Crippen LogP contribution in [-0.2, 0) is 0 Å². The molecule has 0 heterocycles. The van der Waals surface area contributed by atoms with Crippen LogP contribution in [0.2, 0.25) is 0 Å². The molecule has 0 heteroatoms. The Hall–Kier alpha value is -4.94. The average molecular weight is 479 g/mol. The lowest BCUT2D eigenvalue weighted by atomic mass is 9.85. The molecule has 0 aliphatic heterocycles. The van der Waals surface area contributed by atoms with Gasteiger partial charge >= 0.3 is 0 Å². The molecule has 0 bridgehead atoms. The topological polar surface area (TPSA) is 0 Å². The SMILES string of the molecule is c1ccc2c(-c3cc4cccc5c6cccc7ccc8cccc(c9cccc3c9c45)c8c76)cccc2c1. The van der Waals surface area contributed by atoms with E-state index in [9.17, 15) is 0 Å². The fourth-order valence-corrected chi connectivity index (χ4v) is 6.99. The zero-order valence-corrected chi connectivity index (χ0v) is 20.7. The lowest BCUT2D eigenvalue weighted by Gasteiger charge is -2.18. The Bertz CT molecular complexity index is 2380. The Morgan fingerprint density at radius 3 is 1.39 bits per heavy atom. The summed E-state index contributed by atoms with van der Waals surface area (Å²) in [6.45, 7) is 0. The monoisotopic (exact) mass is 478 g/mol. The maximum atomic E-state index is 2.42. The number of fused-ring (bicyclic) bond motifs is 3. The molecule has 0 nitrogen and oxygen atoms in total. The zero-order chi connectivity index (χ0) is 24.8. The van der Waals surface area contributed by atoms with Gasteiger partial charge in [-0.2, -0.15) is 0 Å². The molecule has 0 N–H and O–H groups in total. The van der Waals surface area contributed by atoms with Crippen LogP contribution in [0, 0.1) is 0 Å².